The molecule has 4 rings (SSSR count). The molecule has 1 aromatic heterocycles. The van der Waals surface area contributed by atoms with Gasteiger partial charge in [0.1, 0.15) is 6.26 Å². The third-order valence-electron chi connectivity index (χ3n) is 5.48. The first-order valence-corrected chi connectivity index (χ1v) is 11.1. The van der Waals surface area contributed by atoms with E-state index in [4.69, 9.17) is 9.41 Å². The first-order valence-electron chi connectivity index (χ1n) is 11.1. The van der Waals surface area contributed by atoms with Crippen molar-refractivity contribution in [2.45, 2.75) is 32.7 Å². The molecule has 0 bridgehead atoms. The molecule has 6 nitrogen and oxygen atoms in total. The summed E-state index contributed by atoms with van der Waals surface area (Å²) in [6.45, 7) is 7.70. The number of rotatable bonds is 7. The molecule has 170 valence electrons. The second-order valence-electron chi connectivity index (χ2n) is 7.93. The third kappa shape index (κ3) is 6.48. The van der Waals surface area contributed by atoms with Crippen molar-refractivity contribution in [2.24, 2.45) is 4.99 Å². The molecule has 1 unspecified atom stereocenters. The predicted octanol–water partition coefficient (Wildman–Crippen LogP) is 4.64. The number of aromatic nitrogens is 1. The molecule has 7 heteroatoms. The highest BCUT2D eigenvalue weighted by Crippen LogP contribution is 2.20. The fourth-order valence-corrected chi connectivity index (χ4v) is 3.80. The summed E-state index contributed by atoms with van der Waals surface area (Å²) in [7, 11) is 0. The van der Waals surface area contributed by atoms with Crippen LogP contribution in [0.4, 0.5) is 5.69 Å². The summed E-state index contributed by atoms with van der Waals surface area (Å²) in [5.74, 6) is 1.53. The fraction of sp³-hybridized carbons (Fsp3) is 0.360. The minimum Gasteiger partial charge on any atom is -0.444 e. The number of anilines is 1. The number of hydrogen-bond acceptors (Lipinski definition) is 4. The van der Waals surface area contributed by atoms with E-state index in [1.165, 1.54) is 11.3 Å². The molecule has 1 aliphatic heterocycles. The molecule has 2 N–H and O–H groups in total. The summed E-state index contributed by atoms with van der Waals surface area (Å²) in [4.78, 5) is 11.8. The molecule has 1 fully saturated rings. The number of benzene rings is 2. The molecule has 0 spiro atoms. The average Bonchev–Trinajstić information content (AvgIpc) is 3.45. The van der Waals surface area contributed by atoms with Gasteiger partial charge >= 0.3 is 0 Å². The Morgan fingerprint density at radius 2 is 1.94 bits per heavy atom. The van der Waals surface area contributed by atoms with Gasteiger partial charge < -0.3 is 20.0 Å². The molecule has 0 amide bonds. The number of guanidine groups is 1. The Kier molecular flexibility index (Phi) is 8.96. The molecule has 0 aliphatic carbocycles. The largest absolute Gasteiger partial charge is 0.444 e. The van der Waals surface area contributed by atoms with E-state index in [9.17, 15) is 0 Å². The Morgan fingerprint density at radius 3 is 2.69 bits per heavy atom. The first kappa shape index (κ1) is 24.1. The van der Waals surface area contributed by atoms with Gasteiger partial charge in [-0.3, -0.25) is 4.99 Å². The first-order chi connectivity index (χ1) is 15.2. The molecule has 2 aromatic carbocycles. The number of para-hydroxylation sites is 1. The van der Waals surface area contributed by atoms with Crippen molar-refractivity contribution in [3.8, 4) is 11.5 Å². The maximum atomic E-state index is 5.66. The van der Waals surface area contributed by atoms with Crippen molar-refractivity contribution < 1.29 is 4.42 Å². The van der Waals surface area contributed by atoms with E-state index in [0.29, 0.717) is 18.5 Å². The molecule has 0 radical (unpaired) electrons. The van der Waals surface area contributed by atoms with E-state index in [1.807, 2.05) is 12.1 Å². The van der Waals surface area contributed by atoms with E-state index in [2.05, 4.69) is 76.8 Å². The number of oxazole rings is 1. The number of nitrogens with zero attached hydrogens (tertiary/aromatic N) is 3. The summed E-state index contributed by atoms with van der Waals surface area (Å²) in [5.41, 5.74) is 4.43. The lowest BCUT2D eigenvalue weighted by atomic mass is 10.1. The normalized spacial score (nSPS) is 16.0. The van der Waals surface area contributed by atoms with Crippen LogP contribution >= 0.6 is 24.0 Å². The second kappa shape index (κ2) is 11.9. The van der Waals surface area contributed by atoms with Crippen molar-refractivity contribution in [1.82, 2.24) is 15.6 Å². The minimum absolute atomic E-state index is 0. The molecule has 32 heavy (non-hydrogen) atoms. The van der Waals surface area contributed by atoms with Crippen LogP contribution in [0.5, 0.6) is 0 Å². The smallest absolute Gasteiger partial charge is 0.226 e. The van der Waals surface area contributed by atoms with Crippen molar-refractivity contribution in [2.75, 3.05) is 31.1 Å². The summed E-state index contributed by atoms with van der Waals surface area (Å²) >= 11 is 0. The topological polar surface area (TPSA) is 65.7 Å². The Bertz CT molecular complexity index is 987. The zero-order chi connectivity index (χ0) is 21.5. The van der Waals surface area contributed by atoms with Crippen LogP contribution in [0, 0.1) is 6.92 Å². The van der Waals surface area contributed by atoms with Crippen molar-refractivity contribution in [3.05, 3.63) is 72.1 Å². The van der Waals surface area contributed by atoms with Crippen molar-refractivity contribution >= 4 is 35.6 Å². The third-order valence-corrected chi connectivity index (χ3v) is 5.48. The van der Waals surface area contributed by atoms with E-state index < -0.39 is 0 Å². The van der Waals surface area contributed by atoms with E-state index in [1.54, 1.807) is 6.26 Å². The van der Waals surface area contributed by atoms with Crippen LogP contribution in [0.3, 0.4) is 0 Å². The second-order valence-corrected chi connectivity index (χ2v) is 7.93. The molecule has 0 saturated carbocycles. The van der Waals surface area contributed by atoms with Gasteiger partial charge in [0.25, 0.3) is 0 Å². The quantitative estimate of drug-likeness (QED) is 0.257. The predicted molar refractivity (Wildman–Crippen MR) is 142 cm³/mol. The van der Waals surface area contributed by atoms with Crippen LogP contribution in [-0.2, 0) is 6.42 Å². The summed E-state index contributed by atoms with van der Waals surface area (Å²) < 4.78 is 5.66. The van der Waals surface area contributed by atoms with Gasteiger partial charge in [-0.1, -0.05) is 35.9 Å². The molecule has 3 aromatic rings. The van der Waals surface area contributed by atoms with Crippen LogP contribution in [-0.4, -0.2) is 43.2 Å². The summed E-state index contributed by atoms with van der Waals surface area (Å²) in [6.07, 6.45) is 3.58. The number of hydrogen-bond donors (Lipinski definition) is 2. The number of aliphatic imine (C=N–C) groups is 1. The van der Waals surface area contributed by atoms with Gasteiger partial charge in [0.15, 0.2) is 5.96 Å². The van der Waals surface area contributed by atoms with E-state index >= 15 is 0 Å². The van der Waals surface area contributed by atoms with Crippen LogP contribution in [0.15, 0.2) is 70.3 Å². The van der Waals surface area contributed by atoms with Gasteiger partial charge in [0.2, 0.25) is 5.89 Å². The maximum Gasteiger partial charge on any atom is 0.226 e. The maximum absolute atomic E-state index is 5.66. The Balaban J connectivity index is 0.00000289. The molecule has 1 atom stereocenters. The fourth-order valence-electron chi connectivity index (χ4n) is 3.80. The number of nitrogens with one attached hydrogen (secondary N) is 2. The van der Waals surface area contributed by atoms with Crippen LogP contribution < -0.4 is 15.5 Å². The lowest BCUT2D eigenvalue weighted by molar-refractivity contribution is 0.572. The molecule has 1 aliphatic rings. The van der Waals surface area contributed by atoms with Gasteiger partial charge in [-0.2, -0.15) is 0 Å². The Hall–Kier alpha value is -2.55. The van der Waals surface area contributed by atoms with Crippen molar-refractivity contribution in [1.29, 1.82) is 0 Å². The van der Waals surface area contributed by atoms with Gasteiger partial charge in [-0.15, -0.1) is 24.0 Å². The van der Waals surface area contributed by atoms with Crippen LogP contribution in [0.1, 0.15) is 24.6 Å². The van der Waals surface area contributed by atoms with Crippen LogP contribution in [0.25, 0.3) is 11.5 Å². The number of aryl methyl sites for hydroxylation is 1. The SMILES string of the molecule is CCNC(=NCCc1coc(-c2ccc(C)cc2)n1)NC1CCN(c2ccccc2)C1.I. The van der Waals surface area contributed by atoms with E-state index in [0.717, 1.165) is 49.7 Å². The lowest BCUT2D eigenvalue weighted by Crippen LogP contribution is -2.44. The monoisotopic (exact) mass is 545 g/mol. The van der Waals surface area contributed by atoms with Gasteiger partial charge in [-0.25, -0.2) is 4.98 Å². The molecular formula is C25H32IN5O. The highest BCUT2D eigenvalue weighted by molar-refractivity contribution is 14.0. The average molecular weight is 545 g/mol. The molecular weight excluding hydrogens is 513 g/mol. The highest BCUT2D eigenvalue weighted by atomic mass is 127. The van der Waals surface area contributed by atoms with Gasteiger partial charge in [0.05, 0.1) is 5.69 Å². The van der Waals surface area contributed by atoms with E-state index in [-0.39, 0.29) is 24.0 Å². The van der Waals surface area contributed by atoms with Crippen LogP contribution in [0.2, 0.25) is 0 Å². The standard InChI is InChI=1S/C25H31N5O.HI/c1-3-26-25(29-21-14-16-30(17-21)23-7-5-4-6-8-23)27-15-13-22-18-31-24(28-22)20-11-9-19(2)10-12-20;/h4-12,18,21H,3,13-17H2,1-2H3,(H2,26,27,29);1H. The molecule has 2 heterocycles. The highest BCUT2D eigenvalue weighted by Gasteiger charge is 2.23. The molecule has 1 saturated heterocycles. The summed E-state index contributed by atoms with van der Waals surface area (Å²) in [6, 6.07) is 19.2. The van der Waals surface area contributed by atoms with Gasteiger partial charge in [-0.05, 0) is 44.5 Å². The number of halogens is 1. The zero-order valence-electron chi connectivity index (χ0n) is 18.8. The Morgan fingerprint density at radius 1 is 1.16 bits per heavy atom. The van der Waals surface area contributed by atoms with Crippen molar-refractivity contribution in [3.63, 3.8) is 0 Å². The minimum atomic E-state index is 0. The Labute approximate surface area is 207 Å². The van der Waals surface area contributed by atoms with Gasteiger partial charge in [0, 0.05) is 49.9 Å². The zero-order valence-corrected chi connectivity index (χ0v) is 21.1. The lowest BCUT2D eigenvalue weighted by Gasteiger charge is -2.20. The summed E-state index contributed by atoms with van der Waals surface area (Å²) in [5, 5.41) is 6.96.